The fourth-order valence-corrected chi connectivity index (χ4v) is 3.19. The van der Waals surface area contributed by atoms with Crippen molar-refractivity contribution in [3.05, 3.63) is 29.3 Å². The zero-order chi connectivity index (χ0) is 18.1. The van der Waals surface area contributed by atoms with E-state index in [1.165, 1.54) is 0 Å². The summed E-state index contributed by atoms with van der Waals surface area (Å²) in [7, 11) is 0. The Labute approximate surface area is 148 Å². The van der Waals surface area contributed by atoms with Crippen LogP contribution in [0, 0.1) is 26.7 Å². The fraction of sp³-hybridized carbons (Fsp3) is 0.556. The van der Waals surface area contributed by atoms with Crippen molar-refractivity contribution in [3.63, 3.8) is 0 Å². The van der Waals surface area contributed by atoms with Gasteiger partial charge < -0.3 is 9.80 Å². The van der Waals surface area contributed by atoms with Gasteiger partial charge in [-0.1, -0.05) is 13.8 Å². The van der Waals surface area contributed by atoms with Crippen molar-refractivity contribution >= 4 is 11.7 Å². The lowest BCUT2D eigenvalue weighted by Gasteiger charge is -2.36. The lowest BCUT2D eigenvalue weighted by molar-refractivity contribution is -0.134. The Kier molecular flexibility index (Phi) is 4.74. The van der Waals surface area contributed by atoms with E-state index in [0.29, 0.717) is 0 Å². The molecule has 25 heavy (non-hydrogen) atoms. The molecular weight excluding hydrogens is 316 g/mol. The van der Waals surface area contributed by atoms with Crippen LogP contribution >= 0.6 is 0 Å². The smallest absolute Gasteiger partial charge is 0.225 e. The van der Waals surface area contributed by atoms with Gasteiger partial charge in [0.1, 0.15) is 11.6 Å². The molecule has 0 spiro atoms. The molecule has 0 saturated carbocycles. The summed E-state index contributed by atoms with van der Waals surface area (Å²) in [6.45, 7) is 12.8. The summed E-state index contributed by atoms with van der Waals surface area (Å²) in [6, 6.07) is 4.01. The van der Waals surface area contributed by atoms with Crippen LogP contribution < -0.4 is 4.90 Å². The van der Waals surface area contributed by atoms with Gasteiger partial charge in [0, 0.05) is 43.9 Å². The van der Waals surface area contributed by atoms with Crippen LogP contribution in [-0.4, -0.2) is 56.7 Å². The molecule has 1 aliphatic rings. The van der Waals surface area contributed by atoms with Crippen LogP contribution in [0.5, 0.6) is 0 Å². The molecule has 0 radical (unpaired) electrons. The second-order valence-corrected chi connectivity index (χ2v) is 6.94. The molecule has 0 aliphatic carbocycles. The minimum absolute atomic E-state index is 0.0467. The molecule has 134 valence electrons. The highest BCUT2D eigenvalue weighted by Crippen LogP contribution is 2.19. The first-order valence-electron chi connectivity index (χ1n) is 8.78. The van der Waals surface area contributed by atoms with Gasteiger partial charge in [-0.2, -0.15) is 5.10 Å². The molecule has 7 nitrogen and oxygen atoms in total. The lowest BCUT2D eigenvalue weighted by atomic mass is 10.1. The average Bonchev–Trinajstić information content (AvgIpc) is 2.92. The monoisotopic (exact) mass is 342 g/mol. The Balaban J connectivity index is 1.80. The summed E-state index contributed by atoms with van der Waals surface area (Å²) in [5.74, 6) is 2.67. The van der Waals surface area contributed by atoms with Gasteiger partial charge >= 0.3 is 0 Å². The molecule has 0 aromatic carbocycles. The van der Waals surface area contributed by atoms with Crippen LogP contribution in [0.2, 0.25) is 0 Å². The second-order valence-electron chi connectivity index (χ2n) is 6.94. The van der Waals surface area contributed by atoms with Crippen LogP contribution in [0.1, 0.15) is 31.1 Å². The highest BCUT2D eigenvalue weighted by Gasteiger charge is 2.24. The van der Waals surface area contributed by atoms with E-state index >= 15 is 0 Å². The zero-order valence-corrected chi connectivity index (χ0v) is 15.7. The predicted octanol–water partition coefficient (Wildman–Crippen LogP) is 1.89. The Morgan fingerprint density at radius 2 is 1.64 bits per heavy atom. The summed E-state index contributed by atoms with van der Waals surface area (Å²) in [5.41, 5.74) is 2.02. The number of amides is 1. The van der Waals surface area contributed by atoms with Crippen LogP contribution in [0.25, 0.3) is 5.82 Å². The molecule has 1 fully saturated rings. The van der Waals surface area contributed by atoms with E-state index in [2.05, 4.69) is 20.0 Å². The molecule has 2 aromatic heterocycles. The molecule has 3 rings (SSSR count). The van der Waals surface area contributed by atoms with Gasteiger partial charge in [-0.05, 0) is 26.8 Å². The molecule has 7 heteroatoms. The predicted molar refractivity (Wildman–Crippen MR) is 97.0 cm³/mol. The van der Waals surface area contributed by atoms with E-state index in [0.717, 1.165) is 55.0 Å². The van der Waals surface area contributed by atoms with Crippen LogP contribution in [0.4, 0.5) is 5.82 Å². The number of hydrogen-bond donors (Lipinski definition) is 0. The van der Waals surface area contributed by atoms with E-state index in [1.807, 2.05) is 56.3 Å². The van der Waals surface area contributed by atoms with Gasteiger partial charge in [0.05, 0.1) is 5.69 Å². The first-order chi connectivity index (χ1) is 11.8. The van der Waals surface area contributed by atoms with Crippen LogP contribution in [-0.2, 0) is 4.79 Å². The molecule has 0 N–H and O–H groups in total. The van der Waals surface area contributed by atoms with Crippen molar-refractivity contribution < 1.29 is 4.79 Å². The normalized spacial score (nSPS) is 15.1. The number of piperazine rings is 1. The molecule has 1 amide bonds. The third-order valence-electron chi connectivity index (χ3n) is 4.45. The van der Waals surface area contributed by atoms with Gasteiger partial charge in [0.15, 0.2) is 5.82 Å². The van der Waals surface area contributed by atoms with Crippen molar-refractivity contribution in [1.82, 2.24) is 24.6 Å². The number of anilines is 1. The molecule has 1 saturated heterocycles. The molecule has 0 atom stereocenters. The summed E-state index contributed by atoms with van der Waals surface area (Å²) in [5, 5.41) is 4.52. The van der Waals surface area contributed by atoms with Crippen molar-refractivity contribution in [1.29, 1.82) is 0 Å². The molecule has 0 bridgehead atoms. The zero-order valence-electron chi connectivity index (χ0n) is 15.7. The van der Waals surface area contributed by atoms with E-state index < -0.39 is 0 Å². The highest BCUT2D eigenvalue weighted by molar-refractivity contribution is 5.78. The van der Waals surface area contributed by atoms with Crippen molar-refractivity contribution in [2.75, 3.05) is 31.1 Å². The third-order valence-corrected chi connectivity index (χ3v) is 4.45. The molecule has 0 unspecified atom stereocenters. The number of carbonyl (C=O) groups excluding carboxylic acids is 1. The van der Waals surface area contributed by atoms with Crippen LogP contribution in [0.3, 0.4) is 0 Å². The number of hydrogen-bond acceptors (Lipinski definition) is 5. The van der Waals surface area contributed by atoms with E-state index in [9.17, 15) is 4.79 Å². The lowest BCUT2D eigenvalue weighted by Crippen LogP contribution is -2.50. The fourth-order valence-electron chi connectivity index (χ4n) is 3.19. The maximum atomic E-state index is 12.1. The van der Waals surface area contributed by atoms with Gasteiger partial charge in [0.25, 0.3) is 0 Å². The van der Waals surface area contributed by atoms with Crippen molar-refractivity contribution in [2.45, 2.75) is 34.6 Å². The topological polar surface area (TPSA) is 67.2 Å². The Hall–Kier alpha value is -2.44. The minimum Gasteiger partial charge on any atom is -0.353 e. The number of aromatic nitrogens is 4. The Morgan fingerprint density at radius 1 is 1.00 bits per heavy atom. The van der Waals surface area contributed by atoms with Gasteiger partial charge in [-0.15, -0.1) is 0 Å². The summed E-state index contributed by atoms with van der Waals surface area (Å²) in [6.07, 6.45) is 0. The Bertz CT molecular complexity index is 774. The van der Waals surface area contributed by atoms with Crippen LogP contribution in [0.15, 0.2) is 12.1 Å². The largest absolute Gasteiger partial charge is 0.353 e. The number of aryl methyl sites for hydroxylation is 3. The standard InChI is InChI=1S/C18H26N6O/c1-12(2)18(25)23-8-6-22(7-9-23)16-11-17(20-15(5)19-16)24-14(4)10-13(3)21-24/h10-12H,6-9H2,1-5H3. The molecule has 1 aliphatic heterocycles. The molecule has 2 aromatic rings. The van der Waals surface area contributed by atoms with E-state index in [4.69, 9.17) is 0 Å². The second kappa shape index (κ2) is 6.82. The van der Waals surface area contributed by atoms with E-state index in [-0.39, 0.29) is 11.8 Å². The first-order valence-corrected chi connectivity index (χ1v) is 8.78. The van der Waals surface area contributed by atoms with Crippen molar-refractivity contribution in [3.8, 4) is 5.82 Å². The van der Waals surface area contributed by atoms with Crippen molar-refractivity contribution in [2.24, 2.45) is 5.92 Å². The number of carbonyl (C=O) groups is 1. The number of nitrogens with zero attached hydrogens (tertiary/aromatic N) is 6. The maximum Gasteiger partial charge on any atom is 0.225 e. The maximum absolute atomic E-state index is 12.1. The van der Waals surface area contributed by atoms with Gasteiger partial charge in [-0.25, -0.2) is 14.6 Å². The molecule has 3 heterocycles. The summed E-state index contributed by atoms with van der Waals surface area (Å²) >= 11 is 0. The van der Waals surface area contributed by atoms with E-state index in [1.54, 1.807) is 0 Å². The average molecular weight is 342 g/mol. The summed E-state index contributed by atoms with van der Waals surface area (Å²) < 4.78 is 1.85. The van der Waals surface area contributed by atoms with Gasteiger partial charge in [-0.3, -0.25) is 4.79 Å². The SMILES string of the molecule is Cc1cc(C)n(-c2cc(N3CCN(C(=O)C(C)C)CC3)nc(C)n2)n1. The van der Waals surface area contributed by atoms with Gasteiger partial charge in [0.2, 0.25) is 5.91 Å². The first kappa shape index (κ1) is 17.4. The quantitative estimate of drug-likeness (QED) is 0.852. The Morgan fingerprint density at radius 3 is 2.20 bits per heavy atom. The highest BCUT2D eigenvalue weighted by atomic mass is 16.2. The minimum atomic E-state index is 0.0467. The number of rotatable bonds is 3. The molecular formula is C18H26N6O. The summed E-state index contributed by atoms with van der Waals surface area (Å²) in [4.78, 5) is 25.4. The third kappa shape index (κ3) is 3.65.